The minimum Gasteiger partial charge on any atom is -0.335 e. The van der Waals surface area contributed by atoms with Crippen LogP contribution in [0.5, 0.6) is 0 Å². The molecule has 0 bridgehead atoms. The Kier molecular flexibility index (Phi) is 3.83. The smallest absolute Gasteiger partial charge is 0.335 e. The van der Waals surface area contributed by atoms with Crippen LogP contribution in [-0.2, 0) is 0 Å². The third-order valence-electron chi connectivity index (χ3n) is 3.28. The Morgan fingerprint density at radius 1 is 1.30 bits per heavy atom. The van der Waals surface area contributed by atoms with Gasteiger partial charge in [0, 0.05) is 24.2 Å². The number of benzene rings is 1. The molecular weight excluding hydrogens is 274 g/mol. The molecule has 1 heterocycles. The highest BCUT2D eigenvalue weighted by Crippen LogP contribution is 2.30. The van der Waals surface area contributed by atoms with Crippen molar-refractivity contribution in [2.75, 3.05) is 13.1 Å². The van der Waals surface area contributed by atoms with Crippen LogP contribution in [0, 0.1) is 12.7 Å². The van der Waals surface area contributed by atoms with E-state index in [0.29, 0.717) is 11.1 Å². The molecule has 20 heavy (non-hydrogen) atoms. The summed E-state index contributed by atoms with van der Waals surface area (Å²) in [5.41, 5.74) is 0.188. The van der Waals surface area contributed by atoms with Gasteiger partial charge in [-0.3, -0.25) is 4.79 Å². The van der Waals surface area contributed by atoms with Crippen molar-refractivity contribution in [3.8, 4) is 0 Å². The predicted molar refractivity (Wildman–Crippen MR) is 65.8 cm³/mol. The van der Waals surface area contributed by atoms with E-state index in [0.717, 1.165) is 6.08 Å². The number of amides is 1. The van der Waals surface area contributed by atoms with Crippen molar-refractivity contribution in [2.24, 2.45) is 0 Å². The third kappa shape index (κ3) is 3.00. The number of hydrogen-bond donors (Lipinski definition) is 0. The van der Waals surface area contributed by atoms with Gasteiger partial charge in [-0.2, -0.15) is 13.2 Å². The number of carbonyl (C=O) groups excluding carboxylic acids is 1. The fraction of sp³-hybridized carbons (Fsp3) is 0.357. The third-order valence-corrected chi connectivity index (χ3v) is 3.28. The van der Waals surface area contributed by atoms with Crippen molar-refractivity contribution >= 4 is 5.91 Å². The molecule has 1 aromatic rings. The first-order valence-corrected chi connectivity index (χ1v) is 6.10. The van der Waals surface area contributed by atoms with Gasteiger partial charge in [-0.25, -0.2) is 4.39 Å². The monoisotopic (exact) mass is 287 g/mol. The van der Waals surface area contributed by atoms with Gasteiger partial charge in [-0.1, -0.05) is 6.08 Å². The van der Waals surface area contributed by atoms with E-state index < -0.39 is 17.6 Å². The number of halogens is 4. The highest BCUT2D eigenvalue weighted by atomic mass is 19.4. The van der Waals surface area contributed by atoms with Gasteiger partial charge in [0.25, 0.3) is 5.91 Å². The lowest BCUT2D eigenvalue weighted by Crippen LogP contribution is -2.37. The van der Waals surface area contributed by atoms with Crippen LogP contribution in [0.1, 0.15) is 22.3 Å². The average molecular weight is 287 g/mol. The molecule has 0 unspecified atom stereocenters. The first-order chi connectivity index (χ1) is 9.29. The summed E-state index contributed by atoms with van der Waals surface area (Å²) < 4.78 is 50.4. The SMILES string of the molecule is Cc1cc(F)ccc1C(=O)N1CC=C(C(F)(F)F)CC1. The highest BCUT2D eigenvalue weighted by Gasteiger charge is 2.35. The van der Waals surface area contributed by atoms with Gasteiger partial charge in [-0.15, -0.1) is 0 Å². The van der Waals surface area contributed by atoms with Crippen LogP contribution < -0.4 is 0 Å². The summed E-state index contributed by atoms with van der Waals surface area (Å²) in [6.07, 6.45) is -3.52. The van der Waals surface area contributed by atoms with Crippen molar-refractivity contribution in [3.63, 3.8) is 0 Å². The summed E-state index contributed by atoms with van der Waals surface area (Å²) >= 11 is 0. The van der Waals surface area contributed by atoms with E-state index in [1.54, 1.807) is 6.92 Å². The zero-order valence-electron chi connectivity index (χ0n) is 10.8. The molecular formula is C14H13F4NO. The molecule has 1 aliphatic heterocycles. The normalized spacial score (nSPS) is 16.1. The van der Waals surface area contributed by atoms with E-state index in [-0.39, 0.29) is 25.4 Å². The molecule has 6 heteroatoms. The van der Waals surface area contributed by atoms with Gasteiger partial charge in [-0.05, 0) is 37.1 Å². The molecule has 1 amide bonds. The molecule has 1 aliphatic rings. The van der Waals surface area contributed by atoms with Gasteiger partial charge in [0.05, 0.1) is 0 Å². The second-order valence-electron chi connectivity index (χ2n) is 4.69. The van der Waals surface area contributed by atoms with Crippen LogP contribution >= 0.6 is 0 Å². The minimum absolute atomic E-state index is 0.0149. The average Bonchev–Trinajstić information content (AvgIpc) is 2.37. The van der Waals surface area contributed by atoms with E-state index in [4.69, 9.17) is 0 Å². The molecule has 0 saturated carbocycles. The van der Waals surface area contributed by atoms with Crippen molar-refractivity contribution < 1.29 is 22.4 Å². The molecule has 2 nitrogen and oxygen atoms in total. The molecule has 0 fully saturated rings. The topological polar surface area (TPSA) is 20.3 Å². The second-order valence-corrected chi connectivity index (χ2v) is 4.69. The van der Waals surface area contributed by atoms with Gasteiger partial charge in [0.1, 0.15) is 5.82 Å². The van der Waals surface area contributed by atoms with Crippen LogP contribution in [0.3, 0.4) is 0 Å². The number of hydrogen-bond acceptors (Lipinski definition) is 1. The summed E-state index contributed by atoms with van der Waals surface area (Å²) in [5.74, 6) is -0.822. The zero-order valence-corrected chi connectivity index (χ0v) is 10.8. The predicted octanol–water partition coefficient (Wildman–Crippen LogP) is 3.47. The van der Waals surface area contributed by atoms with Gasteiger partial charge < -0.3 is 4.90 Å². The maximum atomic E-state index is 13.0. The van der Waals surface area contributed by atoms with E-state index in [1.165, 1.54) is 23.1 Å². The molecule has 0 aliphatic carbocycles. The molecule has 0 saturated heterocycles. The molecule has 0 radical (unpaired) electrons. The molecule has 0 N–H and O–H groups in total. The second kappa shape index (κ2) is 5.26. The Balaban J connectivity index is 2.14. The fourth-order valence-corrected chi connectivity index (χ4v) is 2.15. The number of carbonyl (C=O) groups is 1. The van der Waals surface area contributed by atoms with Crippen molar-refractivity contribution in [1.82, 2.24) is 4.90 Å². The number of aryl methyl sites for hydroxylation is 1. The molecule has 0 aromatic heterocycles. The van der Waals surface area contributed by atoms with Crippen LogP contribution in [0.2, 0.25) is 0 Å². The minimum atomic E-state index is -4.33. The Bertz CT molecular complexity index is 563. The molecule has 0 spiro atoms. The number of alkyl halides is 3. The Hall–Kier alpha value is -1.85. The molecule has 0 atom stereocenters. The van der Waals surface area contributed by atoms with Crippen LogP contribution in [0.4, 0.5) is 17.6 Å². The molecule has 108 valence electrons. The summed E-state index contributed by atoms with van der Waals surface area (Å²) in [6.45, 7) is 1.53. The summed E-state index contributed by atoms with van der Waals surface area (Å²) in [4.78, 5) is 13.5. The van der Waals surface area contributed by atoms with E-state index >= 15 is 0 Å². The summed E-state index contributed by atoms with van der Waals surface area (Å²) in [6, 6.07) is 3.76. The van der Waals surface area contributed by atoms with Crippen molar-refractivity contribution in [3.05, 3.63) is 46.8 Å². The lowest BCUT2D eigenvalue weighted by molar-refractivity contribution is -0.0957. The van der Waals surface area contributed by atoms with Crippen LogP contribution in [0.15, 0.2) is 29.8 Å². The largest absolute Gasteiger partial charge is 0.412 e. The maximum Gasteiger partial charge on any atom is 0.412 e. The van der Waals surface area contributed by atoms with Gasteiger partial charge >= 0.3 is 6.18 Å². The van der Waals surface area contributed by atoms with Crippen LogP contribution in [0.25, 0.3) is 0 Å². The van der Waals surface area contributed by atoms with Gasteiger partial charge in [0.15, 0.2) is 0 Å². The Morgan fingerprint density at radius 3 is 2.50 bits per heavy atom. The fourth-order valence-electron chi connectivity index (χ4n) is 2.15. The molecule has 1 aromatic carbocycles. The highest BCUT2D eigenvalue weighted by molar-refractivity contribution is 5.95. The number of rotatable bonds is 1. The van der Waals surface area contributed by atoms with Gasteiger partial charge in [0.2, 0.25) is 0 Å². The Labute approximate surface area is 113 Å². The standard InChI is InChI=1S/C14H13F4NO/c1-9-8-11(15)2-3-12(9)13(20)19-6-4-10(5-7-19)14(16,17)18/h2-4,8H,5-7H2,1H3. The quantitative estimate of drug-likeness (QED) is 0.572. The first kappa shape index (κ1) is 14.6. The van der Waals surface area contributed by atoms with Crippen molar-refractivity contribution in [1.29, 1.82) is 0 Å². The summed E-state index contributed by atoms with van der Waals surface area (Å²) in [7, 11) is 0. The van der Waals surface area contributed by atoms with E-state index in [1.807, 2.05) is 0 Å². The number of nitrogens with zero attached hydrogens (tertiary/aromatic N) is 1. The first-order valence-electron chi connectivity index (χ1n) is 6.10. The lowest BCUT2D eigenvalue weighted by atomic mass is 10.0. The summed E-state index contributed by atoms with van der Waals surface area (Å²) in [5, 5.41) is 0. The Morgan fingerprint density at radius 2 is 2.00 bits per heavy atom. The lowest BCUT2D eigenvalue weighted by Gasteiger charge is -2.27. The maximum absolute atomic E-state index is 13.0. The van der Waals surface area contributed by atoms with E-state index in [2.05, 4.69) is 0 Å². The molecule has 2 rings (SSSR count). The van der Waals surface area contributed by atoms with E-state index in [9.17, 15) is 22.4 Å². The van der Waals surface area contributed by atoms with Crippen LogP contribution in [-0.4, -0.2) is 30.1 Å². The van der Waals surface area contributed by atoms with Crippen molar-refractivity contribution in [2.45, 2.75) is 19.5 Å². The zero-order chi connectivity index (χ0) is 14.9.